The maximum absolute atomic E-state index is 12.3. The summed E-state index contributed by atoms with van der Waals surface area (Å²) in [5.41, 5.74) is 2.76. The van der Waals surface area contributed by atoms with Crippen LogP contribution in [0.2, 0.25) is 0 Å². The van der Waals surface area contributed by atoms with Gasteiger partial charge in [-0.1, -0.05) is 40.0 Å². The summed E-state index contributed by atoms with van der Waals surface area (Å²) in [7, 11) is 0. The number of amides is 1. The molecule has 186 valence electrons. The molecular formula is C27H38N2O4S. The third kappa shape index (κ3) is 6.83. The number of hydrogen-bond donors (Lipinski definition) is 4. The van der Waals surface area contributed by atoms with E-state index < -0.39 is 12.1 Å². The van der Waals surface area contributed by atoms with Gasteiger partial charge < -0.3 is 20.8 Å². The first-order valence-electron chi connectivity index (χ1n) is 12.5. The number of aryl methyl sites for hydroxylation is 1. The summed E-state index contributed by atoms with van der Waals surface area (Å²) in [5, 5.41) is 25.9. The Morgan fingerprint density at radius 1 is 1.12 bits per heavy atom. The fourth-order valence-corrected chi connectivity index (χ4v) is 5.99. The molecule has 0 bridgehead atoms. The molecule has 0 aliphatic heterocycles. The van der Waals surface area contributed by atoms with Crippen molar-refractivity contribution in [1.82, 2.24) is 5.32 Å². The fourth-order valence-electron chi connectivity index (χ4n) is 4.68. The van der Waals surface area contributed by atoms with Gasteiger partial charge in [-0.05, 0) is 67.0 Å². The minimum atomic E-state index is -0.933. The van der Waals surface area contributed by atoms with Crippen LogP contribution in [0, 0.1) is 11.8 Å². The Morgan fingerprint density at radius 3 is 2.38 bits per heavy atom. The van der Waals surface area contributed by atoms with Gasteiger partial charge >= 0.3 is 5.97 Å². The maximum Gasteiger partial charge on any atom is 0.305 e. The van der Waals surface area contributed by atoms with Crippen molar-refractivity contribution in [2.75, 3.05) is 11.9 Å². The zero-order valence-corrected chi connectivity index (χ0v) is 21.3. The lowest BCUT2D eigenvalue weighted by molar-refractivity contribution is -0.136. The second kappa shape index (κ2) is 12.4. The second-order valence-electron chi connectivity index (χ2n) is 9.57. The SMILES string of the molecule is CCc1sc(C(O)C(C)C)cc1C(Nc1ccc(C(=O)NCCC(=O)O)cc1)C1CCCCC1. The third-order valence-electron chi connectivity index (χ3n) is 6.65. The monoisotopic (exact) mass is 486 g/mol. The van der Waals surface area contributed by atoms with Crippen LogP contribution in [0.3, 0.4) is 0 Å². The molecule has 7 heteroatoms. The summed E-state index contributed by atoms with van der Waals surface area (Å²) in [6.45, 7) is 6.38. The number of rotatable bonds is 11. The number of aliphatic hydroxyl groups excluding tert-OH is 1. The van der Waals surface area contributed by atoms with Crippen LogP contribution in [0.4, 0.5) is 5.69 Å². The van der Waals surface area contributed by atoms with Crippen molar-refractivity contribution in [1.29, 1.82) is 0 Å². The summed E-state index contributed by atoms with van der Waals surface area (Å²) in [6.07, 6.45) is 6.53. The van der Waals surface area contributed by atoms with Gasteiger partial charge in [0, 0.05) is 27.5 Å². The lowest BCUT2D eigenvalue weighted by atomic mass is 9.80. The highest BCUT2D eigenvalue weighted by Crippen LogP contribution is 2.42. The molecule has 34 heavy (non-hydrogen) atoms. The zero-order chi connectivity index (χ0) is 24.7. The van der Waals surface area contributed by atoms with Gasteiger partial charge in [-0.2, -0.15) is 0 Å². The fraction of sp³-hybridized carbons (Fsp3) is 0.556. The third-order valence-corrected chi connectivity index (χ3v) is 8.02. The zero-order valence-electron chi connectivity index (χ0n) is 20.5. The van der Waals surface area contributed by atoms with Gasteiger partial charge in [0.25, 0.3) is 5.91 Å². The normalized spacial score (nSPS) is 16.3. The lowest BCUT2D eigenvalue weighted by Crippen LogP contribution is -2.26. The molecule has 2 unspecified atom stereocenters. The topological polar surface area (TPSA) is 98.7 Å². The summed E-state index contributed by atoms with van der Waals surface area (Å²) < 4.78 is 0. The smallest absolute Gasteiger partial charge is 0.305 e. The number of carboxylic acid groups (broad SMARTS) is 1. The first-order chi connectivity index (χ1) is 16.3. The predicted molar refractivity (Wildman–Crippen MR) is 137 cm³/mol. The Kier molecular flexibility index (Phi) is 9.54. The number of carboxylic acids is 1. The number of aliphatic carboxylic acids is 1. The summed E-state index contributed by atoms with van der Waals surface area (Å²) >= 11 is 1.73. The van der Waals surface area contributed by atoms with Gasteiger partial charge in [0.05, 0.1) is 18.6 Å². The number of benzene rings is 1. The van der Waals surface area contributed by atoms with Crippen molar-refractivity contribution >= 4 is 28.9 Å². The maximum atomic E-state index is 12.3. The number of carbonyl (C=O) groups is 2. The van der Waals surface area contributed by atoms with E-state index in [0.29, 0.717) is 11.5 Å². The Balaban J connectivity index is 1.81. The number of carbonyl (C=O) groups excluding carboxylic acids is 1. The molecular weight excluding hydrogens is 448 g/mol. The van der Waals surface area contributed by atoms with E-state index in [2.05, 4.69) is 23.6 Å². The van der Waals surface area contributed by atoms with E-state index in [-0.39, 0.29) is 30.8 Å². The van der Waals surface area contributed by atoms with Gasteiger partial charge in [-0.3, -0.25) is 9.59 Å². The van der Waals surface area contributed by atoms with Crippen molar-refractivity contribution in [3.8, 4) is 0 Å². The first kappa shape index (κ1) is 26.2. The van der Waals surface area contributed by atoms with Crippen LogP contribution >= 0.6 is 11.3 Å². The minimum Gasteiger partial charge on any atom is -0.481 e. The molecule has 1 amide bonds. The van der Waals surface area contributed by atoms with Crippen molar-refractivity contribution in [3.05, 3.63) is 51.2 Å². The Hall–Kier alpha value is -2.38. The van der Waals surface area contributed by atoms with E-state index >= 15 is 0 Å². The molecule has 1 aromatic heterocycles. The summed E-state index contributed by atoms with van der Waals surface area (Å²) in [4.78, 5) is 25.3. The van der Waals surface area contributed by atoms with Crippen LogP contribution in [0.1, 0.15) is 97.1 Å². The highest BCUT2D eigenvalue weighted by atomic mass is 32.1. The number of nitrogens with one attached hydrogen (secondary N) is 2. The number of thiophene rings is 1. The Bertz CT molecular complexity index is 948. The van der Waals surface area contributed by atoms with Gasteiger partial charge in [-0.25, -0.2) is 0 Å². The van der Waals surface area contributed by atoms with Crippen molar-refractivity contribution < 1.29 is 19.8 Å². The van der Waals surface area contributed by atoms with Crippen LogP contribution in [-0.2, 0) is 11.2 Å². The molecule has 4 N–H and O–H groups in total. The number of aliphatic hydroxyl groups is 1. The highest BCUT2D eigenvalue weighted by molar-refractivity contribution is 7.12. The van der Waals surface area contributed by atoms with E-state index in [9.17, 15) is 14.7 Å². The molecule has 1 aliphatic rings. The summed E-state index contributed by atoms with van der Waals surface area (Å²) in [6, 6.07) is 9.77. The molecule has 1 fully saturated rings. The Labute approximate surface area is 206 Å². The molecule has 0 spiro atoms. The molecule has 0 saturated heterocycles. The van der Waals surface area contributed by atoms with E-state index in [4.69, 9.17) is 5.11 Å². The Morgan fingerprint density at radius 2 is 1.79 bits per heavy atom. The molecule has 2 atom stereocenters. The van der Waals surface area contributed by atoms with Crippen molar-refractivity contribution in [2.24, 2.45) is 11.8 Å². The van der Waals surface area contributed by atoms with Crippen molar-refractivity contribution in [2.45, 2.75) is 77.9 Å². The van der Waals surface area contributed by atoms with E-state index in [0.717, 1.165) is 17.0 Å². The minimum absolute atomic E-state index is 0.0949. The van der Waals surface area contributed by atoms with Gasteiger partial charge in [-0.15, -0.1) is 11.3 Å². The van der Waals surface area contributed by atoms with E-state index in [1.165, 1.54) is 42.5 Å². The lowest BCUT2D eigenvalue weighted by Gasteiger charge is -2.32. The van der Waals surface area contributed by atoms with Gasteiger partial charge in [0.15, 0.2) is 0 Å². The summed E-state index contributed by atoms with van der Waals surface area (Å²) in [5.74, 6) is -0.504. The van der Waals surface area contributed by atoms with Gasteiger partial charge in [0.1, 0.15) is 0 Å². The predicted octanol–water partition coefficient (Wildman–Crippen LogP) is 5.94. The first-order valence-corrected chi connectivity index (χ1v) is 13.3. The van der Waals surface area contributed by atoms with Crippen LogP contribution in [0.15, 0.2) is 30.3 Å². The number of anilines is 1. The molecule has 0 radical (unpaired) electrons. The molecule has 1 saturated carbocycles. The molecule has 6 nitrogen and oxygen atoms in total. The standard InChI is InChI=1S/C27H38N2O4S/c1-4-22-21(16-23(34-22)26(32)17(2)3)25(18-8-6-5-7-9-18)29-20-12-10-19(11-13-20)27(33)28-15-14-24(30)31/h10-13,16-18,25-26,29,32H,4-9,14-15H2,1-3H3,(H,28,33)(H,30,31). The molecule has 3 rings (SSSR count). The second-order valence-corrected chi connectivity index (χ2v) is 10.7. The van der Waals surface area contributed by atoms with Crippen LogP contribution < -0.4 is 10.6 Å². The van der Waals surface area contributed by atoms with Crippen molar-refractivity contribution in [3.63, 3.8) is 0 Å². The van der Waals surface area contributed by atoms with Gasteiger partial charge in [0.2, 0.25) is 0 Å². The molecule has 1 aromatic carbocycles. The van der Waals surface area contributed by atoms with Crippen LogP contribution in [0.5, 0.6) is 0 Å². The quantitative estimate of drug-likeness (QED) is 0.315. The highest BCUT2D eigenvalue weighted by Gasteiger charge is 2.29. The molecule has 2 aromatic rings. The van der Waals surface area contributed by atoms with Crippen LogP contribution in [0.25, 0.3) is 0 Å². The van der Waals surface area contributed by atoms with E-state index in [1.54, 1.807) is 23.5 Å². The average Bonchev–Trinajstić information content (AvgIpc) is 3.26. The van der Waals surface area contributed by atoms with E-state index in [1.807, 2.05) is 26.0 Å². The molecule has 1 aliphatic carbocycles. The number of hydrogen-bond acceptors (Lipinski definition) is 5. The molecule has 1 heterocycles. The largest absolute Gasteiger partial charge is 0.481 e. The van der Waals surface area contributed by atoms with Crippen LogP contribution in [-0.4, -0.2) is 28.6 Å². The average molecular weight is 487 g/mol.